The normalized spacial score (nSPS) is 10.8. The molecule has 0 bridgehead atoms. The maximum atomic E-state index is 11.7. The lowest BCUT2D eigenvalue weighted by Crippen LogP contribution is -2.08. The lowest BCUT2D eigenvalue weighted by Gasteiger charge is -2.07. The SMILES string of the molecule is COCCOc1oc(=O)c2cc(N)ccc2c1Cl. The summed E-state index contributed by atoms with van der Waals surface area (Å²) in [6.07, 6.45) is 0. The van der Waals surface area contributed by atoms with E-state index in [1.54, 1.807) is 19.2 Å². The largest absolute Gasteiger partial charge is 0.462 e. The van der Waals surface area contributed by atoms with Crippen molar-refractivity contribution in [2.24, 2.45) is 0 Å². The molecule has 1 aromatic carbocycles. The van der Waals surface area contributed by atoms with Gasteiger partial charge < -0.3 is 19.6 Å². The number of nitrogens with two attached hydrogens (primary N) is 1. The maximum Gasteiger partial charge on any atom is 0.346 e. The van der Waals surface area contributed by atoms with E-state index < -0.39 is 5.63 Å². The number of ether oxygens (including phenoxy) is 2. The lowest BCUT2D eigenvalue weighted by molar-refractivity contribution is 0.128. The van der Waals surface area contributed by atoms with Crippen LogP contribution in [0.15, 0.2) is 27.4 Å². The van der Waals surface area contributed by atoms with Crippen molar-refractivity contribution >= 4 is 28.1 Å². The van der Waals surface area contributed by atoms with Crippen molar-refractivity contribution in [1.29, 1.82) is 0 Å². The number of fused-ring (bicyclic) bond motifs is 1. The van der Waals surface area contributed by atoms with Crippen molar-refractivity contribution in [2.75, 3.05) is 26.1 Å². The van der Waals surface area contributed by atoms with E-state index in [0.717, 1.165) is 0 Å². The topological polar surface area (TPSA) is 74.7 Å². The molecule has 0 saturated heterocycles. The molecular formula is C12H12ClNO4. The average Bonchev–Trinajstić information content (AvgIpc) is 2.35. The Hall–Kier alpha value is -1.72. The zero-order valence-corrected chi connectivity index (χ0v) is 10.5. The molecule has 0 atom stereocenters. The Morgan fingerprint density at radius 1 is 1.33 bits per heavy atom. The van der Waals surface area contributed by atoms with E-state index in [1.807, 2.05) is 0 Å². The van der Waals surface area contributed by atoms with Gasteiger partial charge in [-0.05, 0) is 12.1 Å². The van der Waals surface area contributed by atoms with Gasteiger partial charge in [-0.15, -0.1) is 0 Å². The molecular weight excluding hydrogens is 258 g/mol. The molecule has 0 aliphatic heterocycles. The molecule has 5 nitrogen and oxygen atoms in total. The summed E-state index contributed by atoms with van der Waals surface area (Å²) in [6.45, 7) is 0.624. The summed E-state index contributed by atoms with van der Waals surface area (Å²) < 4.78 is 15.1. The van der Waals surface area contributed by atoms with E-state index in [1.165, 1.54) is 6.07 Å². The minimum Gasteiger partial charge on any atom is -0.462 e. The van der Waals surface area contributed by atoms with Gasteiger partial charge >= 0.3 is 11.6 Å². The van der Waals surface area contributed by atoms with Crippen molar-refractivity contribution in [3.05, 3.63) is 33.6 Å². The van der Waals surface area contributed by atoms with Gasteiger partial charge in [-0.2, -0.15) is 0 Å². The fourth-order valence-electron chi connectivity index (χ4n) is 1.53. The van der Waals surface area contributed by atoms with Gasteiger partial charge in [0.1, 0.15) is 11.6 Å². The minimum absolute atomic E-state index is 0.00371. The molecule has 18 heavy (non-hydrogen) atoms. The van der Waals surface area contributed by atoms with E-state index in [4.69, 9.17) is 31.2 Å². The van der Waals surface area contributed by atoms with E-state index in [0.29, 0.717) is 23.1 Å². The third-order valence-electron chi connectivity index (χ3n) is 2.39. The fraction of sp³-hybridized carbons (Fsp3) is 0.250. The van der Waals surface area contributed by atoms with Gasteiger partial charge in [-0.25, -0.2) is 4.79 Å². The van der Waals surface area contributed by atoms with Crippen molar-refractivity contribution in [3.63, 3.8) is 0 Å². The molecule has 0 unspecified atom stereocenters. The Bertz CT molecular complexity index is 623. The van der Waals surface area contributed by atoms with Crippen LogP contribution in [0.2, 0.25) is 5.02 Å². The highest BCUT2D eigenvalue weighted by Gasteiger charge is 2.13. The predicted molar refractivity (Wildman–Crippen MR) is 69.3 cm³/mol. The quantitative estimate of drug-likeness (QED) is 0.679. The van der Waals surface area contributed by atoms with Gasteiger partial charge in [0.15, 0.2) is 0 Å². The number of methoxy groups -OCH3 is 1. The van der Waals surface area contributed by atoms with Crippen molar-refractivity contribution in [1.82, 2.24) is 0 Å². The van der Waals surface area contributed by atoms with Gasteiger partial charge in [0, 0.05) is 18.2 Å². The lowest BCUT2D eigenvalue weighted by atomic mass is 10.1. The number of rotatable bonds is 4. The van der Waals surface area contributed by atoms with Crippen molar-refractivity contribution in [2.45, 2.75) is 0 Å². The number of benzene rings is 1. The van der Waals surface area contributed by atoms with Crippen LogP contribution in [0, 0.1) is 0 Å². The monoisotopic (exact) mass is 269 g/mol. The highest BCUT2D eigenvalue weighted by Crippen LogP contribution is 2.31. The highest BCUT2D eigenvalue weighted by molar-refractivity contribution is 6.36. The summed E-state index contributed by atoms with van der Waals surface area (Å²) in [7, 11) is 1.55. The Labute approximate surface area is 108 Å². The van der Waals surface area contributed by atoms with Crippen LogP contribution in [0.3, 0.4) is 0 Å². The molecule has 6 heteroatoms. The Morgan fingerprint density at radius 3 is 2.83 bits per heavy atom. The number of halogens is 1. The Morgan fingerprint density at radius 2 is 2.11 bits per heavy atom. The van der Waals surface area contributed by atoms with Gasteiger partial charge in [0.25, 0.3) is 0 Å². The molecule has 0 saturated carbocycles. The fourth-order valence-corrected chi connectivity index (χ4v) is 1.78. The highest BCUT2D eigenvalue weighted by atomic mass is 35.5. The van der Waals surface area contributed by atoms with Gasteiger partial charge in [0.05, 0.1) is 12.0 Å². The van der Waals surface area contributed by atoms with Crippen LogP contribution in [0.25, 0.3) is 10.8 Å². The molecule has 2 aromatic rings. The first-order valence-corrected chi connectivity index (χ1v) is 5.65. The molecule has 96 valence electrons. The zero-order chi connectivity index (χ0) is 13.1. The van der Waals surface area contributed by atoms with Gasteiger partial charge in [-0.1, -0.05) is 17.7 Å². The van der Waals surface area contributed by atoms with Crippen LogP contribution in [-0.2, 0) is 4.74 Å². The zero-order valence-electron chi connectivity index (χ0n) is 9.73. The molecule has 1 heterocycles. The summed E-state index contributed by atoms with van der Waals surface area (Å²) in [4.78, 5) is 11.7. The first kappa shape index (κ1) is 12.7. The molecule has 2 N–H and O–H groups in total. The molecule has 0 aliphatic rings. The summed E-state index contributed by atoms with van der Waals surface area (Å²) >= 11 is 6.11. The molecule has 0 radical (unpaired) electrons. The van der Waals surface area contributed by atoms with E-state index in [2.05, 4.69) is 0 Å². The number of hydrogen-bond acceptors (Lipinski definition) is 5. The van der Waals surface area contributed by atoms with E-state index in [9.17, 15) is 4.79 Å². The third-order valence-corrected chi connectivity index (χ3v) is 2.74. The standard InChI is InChI=1S/C12H12ClNO4/c1-16-4-5-17-12-10(13)8-3-2-7(14)6-9(8)11(15)18-12/h2-3,6H,4-5,14H2,1H3. The second-order valence-corrected chi connectivity index (χ2v) is 4.02. The summed E-state index contributed by atoms with van der Waals surface area (Å²) in [5.74, 6) is -0.00371. The Kier molecular flexibility index (Phi) is 3.74. The second kappa shape index (κ2) is 5.29. The van der Waals surface area contributed by atoms with Crippen LogP contribution in [0.1, 0.15) is 0 Å². The van der Waals surface area contributed by atoms with Gasteiger partial charge in [-0.3, -0.25) is 0 Å². The second-order valence-electron chi connectivity index (χ2n) is 3.64. The number of nitrogen functional groups attached to an aromatic ring is 1. The van der Waals surface area contributed by atoms with E-state index >= 15 is 0 Å². The molecule has 0 amide bonds. The minimum atomic E-state index is -0.533. The molecule has 0 aliphatic carbocycles. The summed E-state index contributed by atoms with van der Waals surface area (Å²) in [5.41, 5.74) is 5.55. The first-order chi connectivity index (χ1) is 8.63. The van der Waals surface area contributed by atoms with Gasteiger partial charge in [0.2, 0.25) is 0 Å². The predicted octanol–water partition coefficient (Wildman–Crippen LogP) is 2.05. The molecule has 0 fully saturated rings. The van der Waals surface area contributed by atoms with Crippen LogP contribution >= 0.6 is 11.6 Å². The average molecular weight is 270 g/mol. The molecule has 0 spiro atoms. The summed E-state index contributed by atoms with van der Waals surface area (Å²) in [6, 6.07) is 4.84. The van der Waals surface area contributed by atoms with Crippen LogP contribution in [-0.4, -0.2) is 20.3 Å². The van der Waals surface area contributed by atoms with E-state index in [-0.39, 0.29) is 17.6 Å². The van der Waals surface area contributed by atoms with Crippen molar-refractivity contribution < 1.29 is 13.9 Å². The van der Waals surface area contributed by atoms with Crippen LogP contribution in [0.4, 0.5) is 5.69 Å². The number of anilines is 1. The molecule has 1 aromatic heterocycles. The third kappa shape index (κ3) is 2.42. The first-order valence-electron chi connectivity index (χ1n) is 5.27. The number of hydrogen-bond donors (Lipinski definition) is 1. The Balaban J connectivity index is 2.48. The van der Waals surface area contributed by atoms with Crippen LogP contribution < -0.4 is 16.1 Å². The maximum absolute atomic E-state index is 11.7. The smallest absolute Gasteiger partial charge is 0.346 e. The van der Waals surface area contributed by atoms with Crippen molar-refractivity contribution in [3.8, 4) is 5.95 Å². The molecule has 2 rings (SSSR count). The van der Waals surface area contributed by atoms with Crippen LogP contribution in [0.5, 0.6) is 5.95 Å². The summed E-state index contributed by atoms with van der Waals surface area (Å²) in [5, 5.41) is 1.13.